The number of benzene rings is 1. The number of aryl methyl sites for hydroxylation is 2. The van der Waals surface area contributed by atoms with E-state index >= 15 is 0 Å². The Morgan fingerprint density at radius 2 is 1.95 bits per heavy atom. The molecule has 0 N–H and O–H groups in total. The van der Waals surface area contributed by atoms with Crippen molar-refractivity contribution in [2.24, 2.45) is 5.92 Å². The van der Waals surface area contributed by atoms with Gasteiger partial charge in [-0.1, -0.05) is 24.6 Å². The van der Waals surface area contributed by atoms with Gasteiger partial charge in [0.1, 0.15) is 5.75 Å². The van der Waals surface area contributed by atoms with Gasteiger partial charge in [0.2, 0.25) is 0 Å². The maximum absolute atomic E-state index is 9.39. The molecule has 1 aromatic rings. The predicted octanol–water partition coefficient (Wildman–Crippen LogP) is 3.46. The van der Waals surface area contributed by atoms with Crippen molar-refractivity contribution in [3.8, 4) is 11.8 Å². The number of hydrogen-bond acceptors (Lipinski definition) is 3. The fourth-order valence-corrected chi connectivity index (χ4v) is 2.73. The van der Waals surface area contributed by atoms with E-state index in [1.807, 2.05) is 14.1 Å². The van der Waals surface area contributed by atoms with Crippen LogP contribution < -0.4 is 4.74 Å². The average molecular weight is 260 g/mol. The fraction of sp³-hybridized carbons (Fsp3) is 0.562. The van der Waals surface area contributed by atoms with Gasteiger partial charge in [-0.25, -0.2) is 0 Å². The summed E-state index contributed by atoms with van der Waals surface area (Å²) >= 11 is 0. The first-order valence-electron chi connectivity index (χ1n) is 6.67. The Labute approximate surface area is 116 Å². The van der Waals surface area contributed by atoms with Crippen molar-refractivity contribution in [3.63, 3.8) is 0 Å². The number of nitrogens with zero attached hydrogens (tertiary/aromatic N) is 2. The molecule has 0 amide bonds. The van der Waals surface area contributed by atoms with Gasteiger partial charge in [0.25, 0.3) is 0 Å². The number of hydrogen-bond donors (Lipinski definition) is 0. The molecule has 0 aliphatic carbocycles. The topological polar surface area (TPSA) is 36.3 Å². The summed E-state index contributed by atoms with van der Waals surface area (Å²) in [6.07, 6.45) is 0.829. The molecule has 3 nitrogen and oxygen atoms in total. The van der Waals surface area contributed by atoms with Gasteiger partial charge in [-0.3, -0.25) is 0 Å². The molecule has 0 saturated heterocycles. The Hall–Kier alpha value is -1.53. The van der Waals surface area contributed by atoms with Crippen LogP contribution in [0, 0.1) is 31.1 Å². The molecule has 104 valence electrons. The molecule has 0 fully saturated rings. The summed E-state index contributed by atoms with van der Waals surface area (Å²) in [6, 6.07) is 6.73. The molecule has 19 heavy (non-hydrogen) atoms. The first-order chi connectivity index (χ1) is 8.96. The van der Waals surface area contributed by atoms with Crippen molar-refractivity contribution < 1.29 is 4.74 Å². The zero-order valence-electron chi connectivity index (χ0n) is 12.8. The van der Waals surface area contributed by atoms with Gasteiger partial charge in [-0.15, -0.1) is 0 Å². The highest BCUT2D eigenvalue weighted by atomic mass is 16.5. The molecule has 0 heterocycles. The second-order valence-electron chi connectivity index (χ2n) is 5.26. The van der Waals surface area contributed by atoms with Crippen LogP contribution in [0.3, 0.4) is 0 Å². The molecule has 0 aliphatic heterocycles. The van der Waals surface area contributed by atoms with Crippen LogP contribution in [0.5, 0.6) is 5.75 Å². The van der Waals surface area contributed by atoms with Crippen molar-refractivity contribution >= 4 is 0 Å². The third-order valence-corrected chi connectivity index (χ3v) is 3.51. The van der Waals surface area contributed by atoms with Gasteiger partial charge < -0.3 is 9.64 Å². The van der Waals surface area contributed by atoms with E-state index < -0.39 is 0 Å². The zero-order chi connectivity index (χ0) is 14.6. The van der Waals surface area contributed by atoms with E-state index in [0.717, 1.165) is 23.3 Å². The van der Waals surface area contributed by atoms with E-state index in [9.17, 15) is 5.26 Å². The summed E-state index contributed by atoms with van der Waals surface area (Å²) in [5.74, 6) is 0.864. The monoisotopic (exact) mass is 260 g/mol. The van der Waals surface area contributed by atoms with Crippen LogP contribution in [0.2, 0.25) is 0 Å². The molecular formula is C16H24N2O. The standard InChI is InChI=1S/C16H24N2O/c1-7-13(10-17)15(18(4)5)14-9-11(2)8-12(3)16(14)19-6/h8-9,13,15H,7H2,1-6H3. The fourth-order valence-electron chi connectivity index (χ4n) is 2.73. The molecule has 3 heteroatoms. The zero-order valence-corrected chi connectivity index (χ0v) is 12.8. The average Bonchev–Trinajstić information content (AvgIpc) is 2.34. The van der Waals surface area contributed by atoms with Gasteiger partial charge in [-0.2, -0.15) is 5.26 Å². The largest absolute Gasteiger partial charge is 0.496 e. The number of rotatable bonds is 5. The summed E-state index contributed by atoms with van der Waals surface area (Å²) in [7, 11) is 5.73. The van der Waals surface area contributed by atoms with Crippen molar-refractivity contribution in [2.45, 2.75) is 33.2 Å². The Bertz CT molecular complexity index is 474. The highest BCUT2D eigenvalue weighted by molar-refractivity contribution is 5.46. The van der Waals surface area contributed by atoms with Crippen LogP contribution in [0.15, 0.2) is 12.1 Å². The van der Waals surface area contributed by atoms with Gasteiger partial charge in [-0.05, 0) is 39.9 Å². The molecule has 0 aromatic heterocycles. The summed E-state index contributed by atoms with van der Waals surface area (Å²) < 4.78 is 5.57. The number of ether oxygens (including phenoxy) is 1. The molecule has 0 bridgehead atoms. The quantitative estimate of drug-likeness (QED) is 0.813. The van der Waals surface area contributed by atoms with Gasteiger partial charge in [0, 0.05) is 5.56 Å². The number of methoxy groups -OCH3 is 1. The summed E-state index contributed by atoms with van der Waals surface area (Å²) in [6.45, 7) is 6.19. The van der Waals surface area contributed by atoms with Crippen LogP contribution >= 0.6 is 0 Å². The van der Waals surface area contributed by atoms with Crippen LogP contribution in [-0.2, 0) is 0 Å². The van der Waals surface area contributed by atoms with Crippen molar-refractivity contribution in [1.29, 1.82) is 5.26 Å². The summed E-state index contributed by atoms with van der Waals surface area (Å²) in [4.78, 5) is 2.11. The van der Waals surface area contributed by atoms with Gasteiger partial charge in [0.15, 0.2) is 0 Å². The van der Waals surface area contributed by atoms with Crippen LogP contribution in [0.4, 0.5) is 0 Å². The van der Waals surface area contributed by atoms with E-state index in [-0.39, 0.29) is 12.0 Å². The van der Waals surface area contributed by atoms with E-state index in [1.54, 1.807) is 7.11 Å². The molecule has 0 aliphatic rings. The third-order valence-electron chi connectivity index (χ3n) is 3.51. The minimum atomic E-state index is -0.0369. The van der Waals surface area contributed by atoms with Crippen molar-refractivity contribution in [2.75, 3.05) is 21.2 Å². The summed E-state index contributed by atoms with van der Waals surface area (Å²) in [5, 5.41) is 9.39. The molecule has 2 unspecified atom stereocenters. The first kappa shape index (κ1) is 15.5. The maximum Gasteiger partial charge on any atom is 0.126 e. The highest BCUT2D eigenvalue weighted by Crippen LogP contribution is 2.37. The molecule has 0 spiro atoms. The first-order valence-corrected chi connectivity index (χ1v) is 6.67. The number of nitriles is 1. The minimum absolute atomic E-state index is 0.0369. The Balaban J connectivity index is 3.42. The SMILES string of the molecule is CCC(C#N)C(c1cc(C)cc(C)c1OC)N(C)C. The lowest BCUT2D eigenvalue weighted by molar-refractivity contribution is 0.234. The lowest BCUT2D eigenvalue weighted by Crippen LogP contribution is -2.27. The second-order valence-corrected chi connectivity index (χ2v) is 5.26. The van der Waals surface area contributed by atoms with E-state index in [4.69, 9.17) is 4.74 Å². The van der Waals surface area contributed by atoms with Crippen molar-refractivity contribution in [3.05, 3.63) is 28.8 Å². The van der Waals surface area contributed by atoms with Gasteiger partial charge >= 0.3 is 0 Å². The second kappa shape index (κ2) is 6.58. The van der Waals surface area contributed by atoms with Crippen LogP contribution in [-0.4, -0.2) is 26.1 Å². The normalized spacial score (nSPS) is 14.0. The molecular weight excluding hydrogens is 236 g/mol. The predicted molar refractivity (Wildman–Crippen MR) is 78.3 cm³/mol. The Morgan fingerprint density at radius 3 is 2.37 bits per heavy atom. The highest BCUT2D eigenvalue weighted by Gasteiger charge is 2.27. The van der Waals surface area contributed by atoms with E-state index in [1.165, 1.54) is 5.56 Å². The Morgan fingerprint density at radius 1 is 1.32 bits per heavy atom. The van der Waals surface area contributed by atoms with E-state index in [2.05, 4.69) is 43.9 Å². The minimum Gasteiger partial charge on any atom is -0.496 e. The third kappa shape index (κ3) is 3.27. The molecule has 0 radical (unpaired) electrons. The molecule has 1 rings (SSSR count). The Kier molecular flexibility index (Phi) is 5.38. The van der Waals surface area contributed by atoms with E-state index in [0.29, 0.717) is 0 Å². The molecule has 2 atom stereocenters. The molecule has 1 aromatic carbocycles. The lowest BCUT2D eigenvalue weighted by Gasteiger charge is -2.30. The summed E-state index contributed by atoms with van der Waals surface area (Å²) in [5.41, 5.74) is 3.43. The lowest BCUT2D eigenvalue weighted by atomic mass is 9.88. The smallest absolute Gasteiger partial charge is 0.126 e. The van der Waals surface area contributed by atoms with Crippen molar-refractivity contribution in [1.82, 2.24) is 4.90 Å². The van der Waals surface area contributed by atoms with Crippen LogP contribution in [0.25, 0.3) is 0 Å². The maximum atomic E-state index is 9.39. The molecule has 0 saturated carbocycles. The van der Waals surface area contributed by atoms with Crippen LogP contribution in [0.1, 0.15) is 36.1 Å². The van der Waals surface area contributed by atoms with Gasteiger partial charge in [0.05, 0.1) is 25.1 Å².